The van der Waals surface area contributed by atoms with Gasteiger partial charge in [-0.1, -0.05) is 55.5 Å². The van der Waals surface area contributed by atoms with E-state index >= 15 is 0 Å². The monoisotopic (exact) mass is 543 g/mol. The predicted molar refractivity (Wildman–Crippen MR) is 156 cm³/mol. The topological polar surface area (TPSA) is 98.6 Å². The van der Waals surface area contributed by atoms with E-state index in [1.807, 2.05) is 56.3 Å². The van der Waals surface area contributed by atoms with Gasteiger partial charge in [-0.2, -0.15) is 0 Å². The van der Waals surface area contributed by atoms with E-state index in [0.29, 0.717) is 40.7 Å². The smallest absolute Gasteiger partial charge is 0.249 e. The van der Waals surface area contributed by atoms with Gasteiger partial charge in [0.25, 0.3) is 0 Å². The molecule has 0 spiro atoms. The summed E-state index contributed by atoms with van der Waals surface area (Å²) in [6, 6.07) is 17.6. The van der Waals surface area contributed by atoms with Gasteiger partial charge in [0.1, 0.15) is 18.1 Å². The number of amides is 2. The predicted octanol–water partition coefficient (Wildman–Crippen LogP) is 5.00. The van der Waals surface area contributed by atoms with Gasteiger partial charge < -0.3 is 14.8 Å². The molecule has 1 heterocycles. The molecule has 1 aromatic heterocycles. The number of methoxy groups -OCH3 is 2. The number of fused-ring (bicyclic) bond motifs is 1. The van der Waals surface area contributed by atoms with E-state index in [4.69, 9.17) is 9.47 Å². The van der Waals surface area contributed by atoms with Crippen LogP contribution in [0.4, 0.5) is 5.69 Å². The van der Waals surface area contributed by atoms with Gasteiger partial charge >= 0.3 is 0 Å². The molecule has 210 valence electrons. The minimum absolute atomic E-state index is 0.115. The molecule has 3 aromatic carbocycles. The van der Waals surface area contributed by atoms with Gasteiger partial charge in [0.15, 0.2) is 11.5 Å². The zero-order valence-electron chi connectivity index (χ0n) is 24.0. The van der Waals surface area contributed by atoms with Crippen LogP contribution in [-0.2, 0) is 16.1 Å². The summed E-state index contributed by atoms with van der Waals surface area (Å²) in [5, 5.41) is 11.5. The number of hydrogen-bond acceptors (Lipinski definition) is 6. The lowest BCUT2D eigenvalue weighted by Crippen LogP contribution is -2.46. The fourth-order valence-corrected chi connectivity index (χ4v) is 4.74. The van der Waals surface area contributed by atoms with Crippen LogP contribution in [0.15, 0.2) is 60.7 Å². The summed E-state index contributed by atoms with van der Waals surface area (Å²) in [7, 11) is 3.07. The molecule has 9 nitrogen and oxygen atoms in total. The number of carbonyl (C=O) groups excluding carboxylic acids is 2. The van der Waals surface area contributed by atoms with Crippen molar-refractivity contribution in [3.8, 4) is 11.5 Å². The van der Waals surface area contributed by atoms with Crippen LogP contribution in [0.3, 0.4) is 0 Å². The molecule has 0 aliphatic carbocycles. The summed E-state index contributed by atoms with van der Waals surface area (Å²) < 4.78 is 12.9. The molecule has 1 N–H and O–H groups in total. The van der Waals surface area contributed by atoms with Crippen molar-refractivity contribution in [2.75, 3.05) is 25.7 Å². The highest BCUT2D eigenvalue weighted by Gasteiger charge is 2.36. The number of aromatic nitrogens is 3. The molecule has 0 saturated carbocycles. The molecule has 0 saturated heterocycles. The minimum atomic E-state index is -1.04. The van der Waals surface area contributed by atoms with Crippen LogP contribution < -0.4 is 19.7 Å². The second-order valence-corrected chi connectivity index (χ2v) is 10.2. The average molecular weight is 544 g/mol. The van der Waals surface area contributed by atoms with Crippen molar-refractivity contribution >= 4 is 28.5 Å². The summed E-state index contributed by atoms with van der Waals surface area (Å²) in [5.41, 5.74) is 4.37. The van der Waals surface area contributed by atoms with Gasteiger partial charge in [-0.25, -0.2) is 4.68 Å². The molecule has 0 aliphatic rings. The first-order valence-corrected chi connectivity index (χ1v) is 13.4. The normalized spacial score (nSPS) is 11.9. The van der Waals surface area contributed by atoms with E-state index in [2.05, 4.69) is 29.5 Å². The van der Waals surface area contributed by atoms with Crippen LogP contribution in [0, 0.1) is 19.8 Å². The summed E-state index contributed by atoms with van der Waals surface area (Å²) in [4.78, 5) is 30.0. The molecule has 0 aliphatic heterocycles. The van der Waals surface area contributed by atoms with Crippen molar-refractivity contribution in [3.63, 3.8) is 0 Å². The van der Waals surface area contributed by atoms with Gasteiger partial charge in [0.05, 0.1) is 19.7 Å². The third-order valence-electron chi connectivity index (χ3n) is 6.85. The minimum Gasteiger partial charge on any atom is -0.493 e. The van der Waals surface area contributed by atoms with E-state index in [9.17, 15) is 9.59 Å². The lowest BCUT2D eigenvalue weighted by atomic mass is 9.99. The maximum Gasteiger partial charge on any atom is 0.249 e. The number of aryl methyl sites for hydroxylation is 2. The van der Waals surface area contributed by atoms with Gasteiger partial charge in [-0.05, 0) is 61.6 Å². The standard InChI is InChI=1S/C31H37N5O4/c1-20(2)16-17-32-31(38)29(23-10-9-13-27(39-5)30(23)40-6)36(26-18-21(3)14-15-22(26)4)28(37)19-35-25-12-8-7-11-24(25)33-34-35/h7-15,18,20,29H,16-17,19H2,1-6H3,(H,32,38)/t29-/m1/s1. The van der Waals surface area contributed by atoms with Crippen LogP contribution in [0.1, 0.15) is 43.0 Å². The Morgan fingerprint density at radius 2 is 1.77 bits per heavy atom. The first-order valence-electron chi connectivity index (χ1n) is 13.4. The molecule has 4 aromatic rings. The third-order valence-corrected chi connectivity index (χ3v) is 6.85. The fourth-order valence-electron chi connectivity index (χ4n) is 4.74. The molecule has 1 atom stereocenters. The number of carbonyl (C=O) groups is 2. The number of nitrogens with one attached hydrogen (secondary N) is 1. The van der Waals surface area contributed by atoms with Crippen molar-refractivity contribution < 1.29 is 19.1 Å². The van der Waals surface area contributed by atoms with Gasteiger partial charge in [0.2, 0.25) is 11.8 Å². The number of para-hydroxylation sites is 2. The highest BCUT2D eigenvalue weighted by molar-refractivity contribution is 6.02. The number of rotatable bonds is 11. The Balaban J connectivity index is 1.89. The van der Waals surface area contributed by atoms with Crippen molar-refractivity contribution in [3.05, 3.63) is 77.4 Å². The Hall–Kier alpha value is -4.40. The molecule has 2 amide bonds. The first kappa shape index (κ1) is 28.6. The number of ether oxygens (including phenoxy) is 2. The van der Waals surface area contributed by atoms with E-state index in [-0.39, 0.29) is 18.4 Å². The van der Waals surface area contributed by atoms with Crippen LogP contribution in [0.5, 0.6) is 11.5 Å². The number of benzene rings is 3. The van der Waals surface area contributed by atoms with E-state index in [0.717, 1.165) is 23.1 Å². The summed E-state index contributed by atoms with van der Waals surface area (Å²) in [6.07, 6.45) is 0.802. The average Bonchev–Trinajstić information content (AvgIpc) is 3.34. The second kappa shape index (κ2) is 12.6. The number of hydrogen-bond donors (Lipinski definition) is 1. The molecule has 4 rings (SSSR count). The lowest BCUT2D eigenvalue weighted by molar-refractivity contribution is -0.127. The van der Waals surface area contributed by atoms with E-state index < -0.39 is 6.04 Å². The molecular weight excluding hydrogens is 506 g/mol. The molecular formula is C31H37N5O4. The van der Waals surface area contributed by atoms with Crippen LogP contribution >= 0.6 is 0 Å². The van der Waals surface area contributed by atoms with Crippen molar-refractivity contribution in [1.29, 1.82) is 0 Å². The quantitative estimate of drug-likeness (QED) is 0.286. The SMILES string of the molecule is COc1cccc([C@H](C(=O)NCCC(C)C)N(C(=O)Cn2nnc3ccccc32)c2cc(C)ccc2C)c1OC. The molecule has 0 unspecified atom stereocenters. The van der Waals surface area contributed by atoms with Crippen LogP contribution in [-0.4, -0.2) is 47.6 Å². The van der Waals surface area contributed by atoms with Crippen LogP contribution in [0.25, 0.3) is 11.0 Å². The van der Waals surface area contributed by atoms with Crippen molar-refractivity contribution in [2.45, 2.75) is 46.7 Å². The second-order valence-electron chi connectivity index (χ2n) is 10.2. The molecule has 9 heteroatoms. The molecule has 0 radical (unpaired) electrons. The molecule has 0 bridgehead atoms. The van der Waals surface area contributed by atoms with Gasteiger partial charge in [0, 0.05) is 17.8 Å². The third kappa shape index (κ3) is 6.09. The molecule has 40 heavy (non-hydrogen) atoms. The van der Waals surface area contributed by atoms with E-state index in [1.165, 1.54) is 7.11 Å². The van der Waals surface area contributed by atoms with Gasteiger partial charge in [-0.3, -0.25) is 14.5 Å². The van der Waals surface area contributed by atoms with Crippen molar-refractivity contribution in [2.24, 2.45) is 5.92 Å². The summed E-state index contributed by atoms with van der Waals surface area (Å²) >= 11 is 0. The zero-order chi connectivity index (χ0) is 28.8. The van der Waals surface area contributed by atoms with Gasteiger partial charge in [-0.15, -0.1) is 5.10 Å². The fraction of sp³-hybridized carbons (Fsp3) is 0.355. The van der Waals surface area contributed by atoms with Crippen molar-refractivity contribution in [1.82, 2.24) is 20.3 Å². The Labute approximate surface area is 235 Å². The highest BCUT2D eigenvalue weighted by Crippen LogP contribution is 2.40. The first-order chi connectivity index (χ1) is 19.2. The maximum absolute atomic E-state index is 14.4. The molecule has 0 fully saturated rings. The largest absolute Gasteiger partial charge is 0.493 e. The Morgan fingerprint density at radius 3 is 2.50 bits per heavy atom. The number of nitrogens with zero attached hydrogens (tertiary/aromatic N) is 4. The van der Waals surface area contributed by atoms with E-state index in [1.54, 1.807) is 34.9 Å². The Morgan fingerprint density at radius 1 is 1.00 bits per heavy atom. The lowest BCUT2D eigenvalue weighted by Gasteiger charge is -2.33. The Kier molecular flexibility index (Phi) is 9.04. The zero-order valence-corrected chi connectivity index (χ0v) is 24.0. The van der Waals surface area contributed by atoms with Crippen LogP contribution in [0.2, 0.25) is 0 Å². The summed E-state index contributed by atoms with van der Waals surface area (Å²) in [5.74, 6) is 0.629. The Bertz CT molecular complexity index is 1500. The highest BCUT2D eigenvalue weighted by atomic mass is 16.5. The maximum atomic E-state index is 14.4. The summed E-state index contributed by atoms with van der Waals surface area (Å²) in [6.45, 7) is 8.45. The number of anilines is 1.